The molecule has 142 valence electrons. The number of likely N-dealkylation sites (tertiary alicyclic amines) is 1. The van der Waals surface area contributed by atoms with Crippen LogP contribution in [0.15, 0.2) is 28.8 Å². The van der Waals surface area contributed by atoms with E-state index < -0.39 is 6.04 Å². The Morgan fingerprint density at radius 2 is 1.93 bits per heavy atom. The van der Waals surface area contributed by atoms with Crippen LogP contribution in [0.3, 0.4) is 0 Å². The number of benzene rings is 1. The molecule has 2 aliphatic rings. The lowest BCUT2D eigenvalue weighted by atomic mass is 10.0. The molecule has 1 aliphatic heterocycles. The van der Waals surface area contributed by atoms with Gasteiger partial charge in [0.05, 0.1) is 0 Å². The second-order valence-electron chi connectivity index (χ2n) is 7.67. The van der Waals surface area contributed by atoms with E-state index in [1.165, 1.54) is 5.56 Å². The minimum absolute atomic E-state index is 0.0385. The molecule has 0 radical (unpaired) electrons. The van der Waals surface area contributed by atoms with Crippen LogP contribution in [-0.2, 0) is 4.79 Å². The van der Waals surface area contributed by atoms with Gasteiger partial charge in [-0.25, -0.2) is 0 Å². The number of nitrogens with zero attached hydrogens (tertiary/aromatic N) is 2. The molecule has 6 heteroatoms. The minimum atomic E-state index is -0.409. The average molecular weight is 367 g/mol. The molecule has 1 atom stereocenters. The van der Waals surface area contributed by atoms with Gasteiger partial charge in [-0.05, 0) is 63.1 Å². The minimum Gasteiger partial charge on any atom is -0.355 e. The number of aromatic nitrogens is 1. The number of aryl methyl sites for hydroxylation is 2. The lowest BCUT2D eigenvalue weighted by Gasteiger charge is -2.34. The van der Waals surface area contributed by atoms with Crippen molar-refractivity contribution in [3.63, 3.8) is 0 Å². The first-order valence-electron chi connectivity index (χ1n) is 9.68. The van der Waals surface area contributed by atoms with Gasteiger partial charge < -0.3 is 14.7 Å². The quantitative estimate of drug-likeness (QED) is 0.900. The number of nitrogens with one attached hydrogen (secondary N) is 1. The maximum Gasteiger partial charge on any atom is 0.276 e. The van der Waals surface area contributed by atoms with Gasteiger partial charge in [0.25, 0.3) is 5.91 Å². The predicted octanol–water partition coefficient (Wildman–Crippen LogP) is 3.23. The fourth-order valence-corrected chi connectivity index (χ4v) is 3.53. The smallest absolute Gasteiger partial charge is 0.276 e. The van der Waals surface area contributed by atoms with Gasteiger partial charge in [0.1, 0.15) is 6.04 Å². The third-order valence-corrected chi connectivity index (χ3v) is 5.51. The summed E-state index contributed by atoms with van der Waals surface area (Å²) in [5.41, 5.74) is 3.51. The molecule has 0 spiro atoms. The van der Waals surface area contributed by atoms with E-state index in [0.717, 1.165) is 36.8 Å². The molecule has 1 N–H and O–H groups in total. The zero-order valence-corrected chi connectivity index (χ0v) is 15.8. The van der Waals surface area contributed by atoms with E-state index in [9.17, 15) is 9.59 Å². The number of hydrogen-bond acceptors (Lipinski definition) is 4. The summed E-state index contributed by atoms with van der Waals surface area (Å²) in [5.74, 6) is 0.297. The van der Waals surface area contributed by atoms with Crippen LogP contribution in [0.5, 0.6) is 0 Å². The average Bonchev–Trinajstić information content (AvgIpc) is 3.35. The Morgan fingerprint density at radius 3 is 2.67 bits per heavy atom. The van der Waals surface area contributed by atoms with Crippen LogP contribution >= 0.6 is 0 Å². The molecular formula is C21H25N3O3. The lowest BCUT2D eigenvalue weighted by molar-refractivity contribution is -0.126. The maximum absolute atomic E-state index is 13.0. The van der Waals surface area contributed by atoms with Gasteiger partial charge in [-0.3, -0.25) is 9.59 Å². The van der Waals surface area contributed by atoms with Crippen molar-refractivity contribution in [2.24, 2.45) is 0 Å². The second-order valence-corrected chi connectivity index (χ2v) is 7.67. The first-order valence-corrected chi connectivity index (χ1v) is 9.68. The molecule has 1 unspecified atom stereocenters. The van der Waals surface area contributed by atoms with Crippen molar-refractivity contribution in [2.75, 3.05) is 6.54 Å². The Labute approximate surface area is 158 Å². The Hall–Kier alpha value is -2.63. The highest BCUT2D eigenvalue weighted by molar-refractivity contribution is 5.97. The lowest BCUT2D eigenvalue weighted by Crippen LogP contribution is -2.52. The first-order chi connectivity index (χ1) is 13.0. The van der Waals surface area contributed by atoms with E-state index >= 15 is 0 Å². The Bertz CT molecular complexity index is 869. The molecule has 1 aliphatic carbocycles. The van der Waals surface area contributed by atoms with Gasteiger partial charge >= 0.3 is 0 Å². The van der Waals surface area contributed by atoms with E-state index in [1.54, 1.807) is 11.0 Å². The predicted molar refractivity (Wildman–Crippen MR) is 101 cm³/mol. The maximum atomic E-state index is 13.0. The van der Waals surface area contributed by atoms with E-state index in [0.29, 0.717) is 24.8 Å². The monoisotopic (exact) mass is 367 g/mol. The highest BCUT2D eigenvalue weighted by Gasteiger charge is 2.36. The van der Waals surface area contributed by atoms with Gasteiger partial charge in [-0.2, -0.15) is 0 Å². The second kappa shape index (κ2) is 7.18. The standard InChI is InChI=1S/C21H25N3O3/c1-13-6-7-15(11-14(13)2)19-12-17(23-27-19)21(26)24-10-4-3-5-18(24)20(25)22-16-8-9-16/h6-7,11-12,16,18H,3-5,8-10H2,1-2H3,(H,22,25). The summed E-state index contributed by atoms with van der Waals surface area (Å²) in [5, 5.41) is 7.01. The van der Waals surface area contributed by atoms with Crippen molar-refractivity contribution in [1.82, 2.24) is 15.4 Å². The summed E-state index contributed by atoms with van der Waals surface area (Å²) < 4.78 is 5.43. The molecule has 2 amide bonds. The van der Waals surface area contributed by atoms with Gasteiger partial charge in [0.15, 0.2) is 11.5 Å². The number of amides is 2. The van der Waals surface area contributed by atoms with Crippen molar-refractivity contribution in [1.29, 1.82) is 0 Å². The summed E-state index contributed by atoms with van der Waals surface area (Å²) in [6.45, 7) is 4.67. The summed E-state index contributed by atoms with van der Waals surface area (Å²) >= 11 is 0. The van der Waals surface area contributed by atoms with Gasteiger partial charge in [-0.1, -0.05) is 17.3 Å². The van der Waals surface area contributed by atoms with Crippen molar-refractivity contribution in [2.45, 2.75) is 58.0 Å². The summed E-state index contributed by atoms with van der Waals surface area (Å²) in [4.78, 5) is 27.2. The van der Waals surface area contributed by atoms with Crippen LogP contribution in [0.1, 0.15) is 53.7 Å². The molecule has 1 aromatic heterocycles. The van der Waals surface area contributed by atoms with Crippen molar-refractivity contribution < 1.29 is 14.1 Å². The largest absolute Gasteiger partial charge is 0.355 e. The Kier molecular flexibility index (Phi) is 4.72. The van der Waals surface area contributed by atoms with Crippen LogP contribution < -0.4 is 5.32 Å². The van der Waals surface area contributed by atoms with Crippen LogP contribution in [0.25, 0.3) is 11.3 Å². The number of piperidine rings is 1. The van der Waals surface area contributed by atoms with Gasteiger partial charge in [0, 0.05) is 24.2 Å². The highest BCUT2D eigenvalue weighted by atomic mass is 16.5. The van der Waals surface area contributed by atoms with Crippen molar-refractivity contribution in [3.8, 4) is 11.3 Å². The molecule has 2 aromatic rings. The topological polar surface area (TPSA) is 75.4 Å². The summed E-state index contributed by atoms with van der Waals surface area (Å²) in [7, 11) is 0. The third-order valence-electron chi connectivity index (χ3n) is 5.51. The fourth-order valence-electron chi connectivity index (χ4n) is 3.53. The molecule has 0 bridgehead atoms. The molecular weight excluding hydrogens is 342 g/mol. The number of rotatable bonds is 4. The number of hydrogen-bond donors (Lipinski definition) is 1. The normalized spacial score (nSPS) is 19.8. The molecule has 4 rings (SSSR count). The van der Waals surface area contributed by atoms with E-state index in [4.69, 9.17) is 4.52 Å². The van der Waals surface area contributed by atoms with E-state index in [1.807, 2.05) is 25.1 Å². The number of carbonyl (C=O) groups is 2. The van der Waals surface area contributed by atoms with E-state index in [-0.39, 0.29) is 17.5 Å². The SMILES string of the molecule is Cc1ccc(-c2cc(C(=O)N3CCCCC3C(=O)NC3CC3)no2)cc1C. The van der Waals surface area contributed by atoms with Crippen LogP contribution in [0, 0.1) is 13.8 Å². The van der Waals surface area contributed by atoms with Crippen molar-refractivity contribution in [3.05, 3.63) is 41.1 Å². The van der Waals surface area contributed by atoms with Crippen LogP contribution in [0.2, 0.25) is 0 Å². The molecule has 1 saturated carbocycles. The third kappa shape index (κ3) is 3.75. The van der Waals surface area contributed by atoms with Crippen LogP contribution in [-0.4, -0.2) is 40.5 Å². The number of carbonyl (C=O) groups excluding carboxylic acids is 2. The van der Waals surface area contributed by atoms with Crippen molar-refractivity contribution >= 4 is 11.8 Å². The molecule has 1 aromatic carbocycles. The molecule has 2 heterocycles. The molecule has 27 heavy (non-hydrogen) atoms. The molecule has 2 fully saturated rings. The Morgan fingerprint density at radius 1 is 1.11 bits per heavy atom. The van der Waals surface area contributed by atoms with Gasteiger partial charge in [0.2, 0.25) is 5.91 Å². The summed E-state index contributed by atoms with van der Waals surface area (Å²) in [6.07, 6.45) is 4.64. The zero-order chi connectivity index (χ0) is 19.0. The zero-order valence-electron chi connectivity index (χ0n) is 15.8. The highest BCUT2D eigenvalue weighted by Crippen LogP contribution is 2.26. The summed E-state index contributed by atoms with van der Waals surface area (Å²) in [6, 6.07) is 7.57. The first kappa shape index (κ1) is 17.8. The van der Waals surface area contributed by atoms with Gasteiger partial charge in [-0.15, -0.1) is 0 Å². The van der Waals surface area contributed by atoms with Crippen LogP contribution in [0.4, 0.5) is 0 Å². The molecule has 6 nitrogen and oxygen atoms in total. The molecule has 1 saturated heterocycles. The Balaban J connectivity index is 1.53. The fraction of sp³-hybridized carbons (Fsp3) is 0.476. The van der Waals surface area contributed by atoms with E-state index in [2.05, 4.69) is 17.4 Å².